The van der Waals surface area contributed by atoms with Crippen LogP contribution in [0.5, 0.6) is 0 Å². The summed E-state index contributed by atoms with van der Waals surface area (Å²) in [5.74, 6) is -2.11. The van der Waals surface area contributed by atoms with Crippen molar-refractivity contribution >= 4 is 17.8 Å². The van der Waals surface area contributed by atoms with Gasteiger partial charge in [0.25, 0.3) is 5.91 Å². The van der Waals surface area contributed by atoms with Gasteiger partial charge in [-0.1, -0.05) is 6.92 Å². The van der Waals surface area contributed by atoms with Gasteiger partial charge in [-0.2, -0.15) is 0 Å². The van der Waals surface area contributed by atoms with Gasteiger partial charge in [-0.15, -0.1) is 0 Å². The highest BCUT2D eigenvalue weighted by molar-refractivity contribution is 5.95. The van der Waals surface area contributed by atoms with E-state index in [1.807, 2.05) is 0 Å². The maximum atomic E-state index is 12.0. The number of nitrogens with zero attached hydrogens (tertiary/aromatic N) is 1. The number of piperidine rings is 1. The zero-order chi connectivity index (χ0) is 17.7. The number of nitrogens with one attached hydrogen (secondary N) is 1. The molecule has 1 aliphatic rings. The Morgan fingerprint density at radius 1 is 1.29 bits per heavy atom. The molecule has 1 saturated heterocycles. The summed E-state index contributed by atoms with van der Waals surface area (Å²) in [7, 11) is 0. The predicted molar refractivity (Wildman–Crippen MR) is 83.5 cm³/mol. The van der Waals surface area contributed by atoms with Gasteiger partial charge in [0.2, 0.25) is 0 Å². The van der Waals surface area contributed by atoms with Crippen molar-refractivity contribution in [2.24, 2.45) is 5.92 Å². The Balaban J connectivity index is 1.92. The molecule has 1 amide bonds. The largest absolute Gasteiger partial charge is 0.481 e. The number of furan rings is 1. The molecule has 0 bridgehead atoms. The number of likely N-dealkylation sites (tertiary alicyclic amines) is 1. The fraction of sp³-hybridized carbons (Fsp3) is 0.562. The zero-order valence-corrected chi connectivity index (χ0v) is 13.5. The Kier molecular flexibility index (Phi) is 5.97. The number of aliphatic carboxylic acids is 2. The first-order chi connectivity index (χ1) is 11.3. The van der Waals surface area contributed by atoms with Crippen LogP contribution in [0.4, 0.5) is 0 Å². The molecular weight excluding hydrogens is 316 g/mol. The summed E-state index contributed by atoms with van der Waals surface area (Å²) in [6.07, 6.45) is 1.56. The van der Waals surface area contributed by atoms with E-state index < -0.39 is 30.3 Å². The second-order valence-corrected chi connectivity index (χ2v) is 6.19. The SMILES string of the molecule is CC1CCN(Cc2ccc(C(=O)N[C@H](CC(=O)O)C(=O)O)o2)CC1. The molecule has 2 rings (SSSR count). The van der Waals surface area contributed by atoms with Crippen molar-refractivity contribution in [3.05, 3.63) is 23.7 Å². The minimum Gasteiger partial charge on any atom is -0.481 e. The summed E-state index contributed by atoms with van der Waals surface area (Å²) < 4.78 is 5.47. The fourth-order valence-electron chi connectivity index (χ4n) is 2.63. The number of carboxylic acid groups (broad SMARTS) is 2. The highest BCUT2D eigenvalue weighted by Crippen LogP contribution is 2.19. The molecule has 1 aliphatic heterocycles. The normalized spacial score (nSPS) is 17.4. The lowest BCUT2D eigenvalue weighted by atomic mass is 9.99. The van der Waals surface area contributed by atoms with E-state index >= 15 is 0 Å². The maximum absolute atomic E-state index is 12.0. The highest BCUT2D eigenvalue weighted by Gasteiger charge is 2.25. The first-order valence-electron chi connectivity index (χ1n) is 7.91. The number of rotatable bonds is 7. The molecular formula is C16H22N2O6. The molecule has 0 aromatic carbocycles. The van der Waals surface area contributed by atoms with E-state index in [9.17, 15) is 14.4 Å². The second-order valence-electron chi connectivity index (χ2n) is 6.19. The number of carbonyl (C=O) groups excluding carboxylic acids is 1. The molecule has 1 aromatic rings. The number of carboxylic acids is 2. The molecule has 1 aromatic heterocycles. The number of hydrogen-bond donors (Lipinski definition) is 3. The molecule has 0 unspecified atom stereocenters. The average Bonchev–Trinajstić information content (AvgIpc) is 2.97. The Hall–Kier alpha value is -2.35. The quantitative estimate of drug-likeness (QED) is 0.682. The number of amides is 1. The minimum atomic E-state index is -1.49. The highest BCUT2D eigenvalue weighted by atomic mass is 16.4. The van der Waals surface area contributed by atoms with Crippen LogP contribution in [0.1, 0.15) is 42.5 Å². The predicted octanol–water partition coefficient (Wildman–Crippen LogP) is 1.17. The van der Waals surface area contributed by atoms with E-state index in [2.05, 4.69) is 17.1 Å². The van der Waals surface area contributed by atoms with Gasteiger partial charge in [-0.3, -0.25) is 14.5 Å². The van der Waals surface area contributed by atoms with E-state index in [1.165, 1.54) is 6.07 Å². The molecule has 1 atom stereocenters. The summed E-state index contributed by atoms with van der Waals surface area (Å²) in [5.41, 5.74) is 0. The molecule has 0 saturated carbocycles. The Bertz CT molecular complexity index is 603. The van der Waals surface area contributed by atoms with Gasteiger partial charge in [0.15, 0.2) is 5.76 Å². The third-order valence-electron chi connectivity index (χ3n) is 4.12. The Morgan fingerprint density at radius 3 is 2.54 bits per heavy atom. The molecule has 8 nitrogen and oxygen atoms in total. The lowest BCUT2D eigenvalue weighted by Crippen LogP contribution is -2.42. The first kappa shape index (κ1) is 18.0. The van der Waals surface area contributed by atoms with Gasteiger partial charge < -0.3 is 19.9 Å². The van der Waals surface area contributed by atoms with E-state index in [0.717, 1.165) is 31.8 Å². The van der Waals surface area contributed by atoms with Gasteiger partial charge in [0.05, 0.1) is 13.0 Å². The van der Waals surface area contributed by atoms with Gasteiger partial charge in [0, 0.05) is 0 Å². The van der Waals surface area contributed by atoms with Crippen molar-refractivity contribution in [1.82, 2.24) is 10.2 Å². The smallest absolute Gasteiger partial charge is 0.326 e. The van der Waals surface area contributed by atoms with Crippen molar-refractivity contribution in [2.45, 2.75) is 38.8 Å². The molecule has 0 spiro atoms. The van der Waals surface area contributed by atoms with Crippen molar-refractivity contribution in [1.29, 1.82) is 0 Å². The molecule has 8 heteroatoms. The van der Waals surface area contributed by atoms with E-state index in [4.69, 9.17) is 14.6 Å². The van der Waals surface area contributed by atoms with Crippen molar-refractivity contribution < 1.29 is 29.0 Å². The van der Waals surface area contributed by atoms with E-state index in [-0.39, 0.29) is 5.76 Å². The van der Waals surface area contributed by atoms with Crippen molar-refractivity contribution in [3.63, 3.8) is 0 Å². The Morgan fingerprint density at radius 2 is 1.96 bits per heavy atom. The fourth-order valence-corrected chi connectivity index (χ4v) is 2.63. The topological polar surface area (TPSA) is 120 Å². The summed E-state index contributed by atoms with van der Waals surface area (Å²) in [6, 6.07) is 1.66. The van der Waals surface area contributed by atoms with Crippen LogP contribution in [0.3, 0.4) is 0 Å². The zero-order valence-electron chi connectivity index (χ0n) is 13.5. The lowest BCUT2D eigenvalue weighted by molar-refractivity contribution is -0.145. The molecule has 24 heavy (non-hydrogen) atoms. The van der Waals surface area contributed by atoms with Crippen molar-refractivity contribution in [3.8, 4) is 0 Å². The molecule has 1 fully saturated rings. The summed E-state index contributed by atoms with van der Waals surface area (Å²) in [4.78, 5) is 35.9. The van der Waals surface area contributed by atoms with Gasteiger partial charge in [-0.25, -0.2) is 4.79 Å². The molecule has 3 N–H and O–H groups in total. The van der Waals surface area contributed by atoms with Crippen LogP contribution >= 0.6 is 0 Å². The second kappa shape index (κ2) is 7.96. The maximum Gasteiger partial charge on any atom is 0.326 e. The van der Waals surface area contributed by atoms with E-state index in [1.54, 1.807) is 6.07 Å². The molecule has 132 valence electrons. The van der Waals surface area contributed by atoms with Crippen LogP contribution in [0, 0.1) is 5.92 Å². The van der Waals surface area contributed by atoms with E-state index in [0.29, 0.717) is 12.3 Å². The van der Waals surface area contributed by atoms with Crippen LogP contribution < -0.4 is 5.32 Å². The summed E-state index contributed by atoms with van der Waals surface area (Å²) in [5, 5.41) is 19.8. The van der Waals surface area contributed by atoms with Crippen LogP contribution in [0.2, 0.25) is 0 Å². The van der Waals surface area contributed by atoms with Gasteiger partial charge in [0.1, 0.15) is 11.8 Å². The standard InChI is InChI=1S/C16H22N2O6/c1-10-4-6-18(7-5-10)9-11-2-3-13(24-11)15(21)17-12(16(22)23)8-14(19)20/h2-3,10,12H,4-9H2,1H3,(H,17,21)(H,19,20)(H,22,23)/t12-/m1/s1. The van der Waals surface area contributed by atoms with Gasteiger partial charge in [-0.05, 0) is 44.0 Å². The molecule has 0 radical (unpaired) electrons. The average molecular weight is 338 g/mol. The third kappa shape index (κ3) is 5.09. The minimum absolute atomic E-state index is 0.0213. The van der Waals surface area contributed by atoms with Crippen LogP contribution in [-0.4, -0.2) is 52.1 Å². The molecule has 0 aliphatic carbocycles. The van der Waals surface area contributed by atoms with Crippen LogP contribution in [-0.2, 0) is 16.1 Å². The van der Waals surface area contributed by atoms with Crippen molar-refractivity contribution in [2.75, 3.05) is 13.1 Å². The summed E-state index contributed by atoms with van der Waals surface area (Å²) >= 11 is 0. The summed E-state index contributed by atoms with van der Waals surface area (Å²) in [6.45, 7) is 4.77. The first-order valence-corrected chi connectivity index (χ1v) is 7.91. The monoisotopic (exact) mass is 338 g/mol. The lowest BCUT2D eigenvalue weighted by Gasteiger charge is -2.29. The number of carbonyl (C=O) groups is 3. The Labute approximate surface area is 139 Å². The van der Waals surface area contributed by atoms with Crippen LogP contribution in [0.25, 0.3) is 0 Å². The third-order valence-corrected chi connectivity index (χ3v) is 4.12. The number of hydrogen-bond acceptors (Lipinski definition) is 5. The molecule has 2 heterocycles. The van der Waals surface area contributed by atoms with Gasteiger partial charge >= 0.3 is 11.9 Å². The van der Waals surface area contributed by atoms with Crippen LogP contribution in [0.15, 0.2) is 16.5 Å².